The number of aromatic nitrogens is 3. The van der Waals surface area contributed by atoms with Crippen molar-refractivity contribution < 1.29 is 9.90 Å². The Kier molecular flexibility index (Phi) is 4.46. The molecule has 7 heteroatoms. The molecule has 1 amide bonds. The van der Waals surface area contributed by atoms with E-state index >= 15 is 0 Å². The average Bonchev–Trinajstić information content (AvgIpc) is 2.79. The van der Waals surface area contributed by atoms with Crippen LogP contribution in [0.25, 0.3) is 0 Å². The summed E-state index contributed by atoms with van der Waals surface area (Å²) in [5.74, 6) is 0.213. The normalized spacial score (nSPS) is 17.3. The van der Waals surface area contributed by atoms with Gasteiger partial charge in [-0.2, -0.15) is 0 Å². The maximum Gasteiger partial charge on any atom is 0.230 e. The van der Waals surface area contributed by atoms with Crippen LogP contribution in [0.3, 0.4) is 0 Å². The predicted octanol–water partition coefficient (Wildman–Crippen LogP) is 0.982. The van der Waals surface area contributed by atoms with Crippen LogP contribution >= 0.6 is 11.8 Å². The highest BCUT2D eigenvalue weighted by atomic mass is 32.2. The van der Waals surface area contributed by atoms with E-state index in [0.29, 0.717) is 12.3 Å². The second kappa shape index (κ2) is 5.92. The molecule has 2 N–H and O–H groups in total. The molecule has 0 saturated heterocycles. The van der Waals surface area contributed by atoms with E-state index in [4.69, 9.17) is 0 Å². The highest BCUT2D eigenvalue weighted by Gasteiger charge is 2.34. The quantitative estimate of drug-likeness (QED) is 0.761. The van der Waals surface area contributed by atoms with Gasteiger partial charge in [0, 0.05) is 12.6 Å². The second-order valence-corrected chi connectivity index (χ2v) is 6.20. The number of nitrogens with one attached hydrogen (secondary N) is 1. The van der Waals surface area contributed by atoms with Gasteiger partial charge in [-0.1, -0.05) is 11.8 Å². The first-order valence-electron chi connectivity index (χ1n) is 6.51. The van der Waals surface area contributed by atoms with Crippen molar-refractivity contribution >= 4 is 17.7 Å². The van der Waals surface area contributed by atoms with Crippen molar-refractivity contribution in [3.8, 4) is 0 Å². The molecule has 0 spiro atoms. The molecule has 0 bridgehead atoms. The van der Waals surface area contributed by atoms with Crippen LogP contribution in [0.5, 0.6) is 0 Å². The summed E-state index contributed by atoms with van der Waals surface area (Å²) >= 11 is 1.36. The van der Waals surface area contributed by atoms with Gasteiger partial charge in [-0.15, -0.1) is 10.2 Å². The molecule has 0 aliphatic heterocycles. The number of hydrogen-bond acceptors (Lipinski definition) is 5. The summed E-state index contributed by atoms with van der Waals surface area (Å²) in [7, 11) is 0. The lowest BCUT2D eigenvalue weighted by Gasteiger charge is -2.36. The Bertz CT molecular complexity index is 443. The average molecular weight is 284 g/mol. The van der Waals surface area contributed by atoms with Gasteiger partial charge in [-0.05, 0) is 33.1 Å². The largest absolute Gasteiger partial charge is 0.388 e. The number of nitrogens with zero attached hydrogens (tertiary/aromatic N) is 3. The van der Waals surface area contributed by atoms with E-state index in [0.717, 1.165) is 24.4 Å². The number of carbonyl (C=O) groups is 1. The third-order valence-corrected chi connectivity index (χ3v) is 4.28. The van der Waals surface area contributed by atoms with Crippen LogP contribution < -0.4 is 5.32 Å². The molecule has 1 aliphatic carbocycles. The van der Waals surface area contributed by atoms with Gasteiger partial charge in [0.15, 0.2) is 5.16 Å². The minimum Gasteiger partial charge on any atom is -0.388 e. The fraction of sp³-hybridized carbons (Fsp3) is 0.750. The maximum absolute atomic E-state index is 11.7. The van der Waals surface area contributed by atoms with Crippen LogP contribution in [0, 0.1) is 0 Å². The van der Waals surface area contributed by atoms with Crippen molar-refractivity contribution in [3.05, 3.63) is 6.33 Å². The molecular formula is C12H20N4O2S. The van der Waals surface area contributed by atoms with Gasteiger partial charge in [0.1, 0.15) is 6.33 Å². The van der Waals surface area contributed by atoms with Gasteiger partial charge in [0.25, 0.3) is 0 Å². The molecule has 0 unspecified atom stereocenters. The summed E-state index contributed by atoms with van der Waals surface area (Å²) in [6, 6.07) is 0.274. The third kappa shape index (κ3) is 3.70. The van der Waals surface area contributed by atoms with Crippen LogP contribution in [-0.2, 0) is 4.79 Å². The monoisotopic (exact) mass is 284 g/mol. The molecule has 0 aromatic carbocycles. The van der Waals surface area contributed by atoms with Crippen molar-refractivity contribution in [2.45, 2.75) is 49.9 Å². The molecule has 1 heterocycles. The lowest BCUT2D eigenvalue weighted by Crippen LogP contribution is -2.48. The Balaban J connectivity index is 1.75. The molecule has 0 radical (unpaired) electrons. The Labute approximate surface area is 117 Å². The van der Waals surface area contributed by atoms with Crippen molar-refractivity contribution in [3.63, 3.8) is 0 Å². The maximum atomic E-state index is 11.7. The van der Waals surface area contributed by atoms with E-state index < -0.39 is 5.60 Å². The Morgan fingerprint density at radius 1 is 1.63 bits per heavy atom. The summed E-state index contributed by atoms with van der Waals surface area (Å²) in [5, 5.41) is 21.2. The molecule has 1 saturated carbocycles. The first-order chi connectivity index (χ1) is 9.00. The minimum absolute atomic E-state index is 0.0800. The molecule has 1 aromatic rings. The molecule has 1 aliphatic rings. The summed E-state index contributed by atoms with van der Waals surface area (Å²) in [4.78, 5) is 11.7. The lowest BCUT2D eigenvalue weighted by atomic mass is 9.80. The number of rotatable bonds is 6. The Hall–Kier alpha value is -1.08. The smallest absolute Gasteiger partial charge is 0.230 e. The van der Waals surface area contributed by atoms with E-state index in [9.17, 15) is 9.90 Å². The van der Waals surface area contributed by atoms with Gasteiger partial charge in [-0.3, -0.25) is 4.79 Å². The van der Waals surface area contributed by atoms with Crippen LogP contribution in [0.15, 0.2) is 11.5 Å². The van der Waals surface area contributed by atoms with E-state index in [1.54, 1.807) is 6.33 Å². The van der Waals surface area contributed by atoms with Crippen molar-refractivity contribution in [2.75, 3.05) is 12.3 Å². The summed E-state index contributed by atoms with van der Waals surface area (Å²) in [6.07, 6.45) is 4.27. The van der Waals surface area contributed by atoms with E-state index in [2.05, 4.69) is 15.5 Å². The zero-order valence-electron chi connectivity index (χ0n) is 11.3. The lowest BCUT2D eigenvalue weighted by molar-refractivity contribution is -0.121. The van der Waals surface area contributed by atoms with Gasteiger partial charge in [0.05, 0.1) is 11.4 Å². The highest BCUT2D eigenvalue weighted by Crippen LogP contribution is 2.30. The molecule has 19 heavy (non-hydrogen) atoms. The predicted molar refractivity (Wildman–Crippen MR) is 72.9 cm³/mol. The second-order valence-electron chi connectivity index (χ2n) is 5.26. The van der Waals surface area contributed by atoms with Gasteiger partial charge in [-0.25, -0.2) is 0 Å². The molecule has 0 atom stereocenters. The Morgan fingerprint density at radius 3 is 2.95 bits per heavy atom. The molecule has 1 fully saturated rings. The number of hydrogen-bond donors (Lipinski definition) is 2. The molecule has 2 rings (SSSR count). The third-order valence-electron chi connectivity index (χ3n) is 3.33. The number of thioether (sulfide) groups is 1. The summed E-state index contributed by atoms with van der Waals surface area (Å²) in [6.45, 7) is 4.43. The zero-order chi connectivity index (χ0) is 13.9. The summed E-state index contributed by atoms with van der Waals surface area (Å²) in [5.41, 5.74) is -0.668. The van der Waals surface area contributed by atoms with E-state index in [1.165, 1.54) is 11.8 Å². The van der Waals surface area contributed by atoms with Gasteiger partial charge < -0.3 is 15.0 Å². The minimum atomic E-state index is -0.668. The van der Waals surface area contributed by atoms with Crippen LogP contribution in [-0.4, -0.2) is 43.7 Å². The fourth-order valence-electron chi connectivity index (χ4n) is 1.90. The standard InChI is InChI=1S/C12H20N4O2S/c1-9(2)16-8-14-15-11(16)19-6-10(17)13-7-12(18)4-3-5-12/h8-9,18H,3-7H2,1-2H3,(H,13,17). The van der Waals surface area contributed by atoms with Gasteiger partial charge >= 0.3 is 0 Å². The molecule has 106 valence electrons. The SMILES string of the molecule is CC(C)n1cnnc1SCC(=O)NCC1(O)CCC1. The highest BCUT2D eigenvalue weighted by molar-refractivity contribution is 7.99. The van der Waals surface area contributed by atoms with Gasteiger partial charge in [0.2, 0.25) is 5.91 Å². The first kappa shape index (κ1) is 14.3. The fourth-order valence-corrected chi connectivity index (χ4v) is 2.77. The molecular weight excluding hydrogens is 264 g/mol. The number of carbonyl (C=O) groups excluding carboxylic acids is 1. The number of amides is 1. The topological polar surface area (TPSA) is 80.0 Å². The number of aliphatic hydroxyl groups is 1. The Morgan fingerprint density at radius 2 is 2.37 bits per heavy atom. The van der Waals surface area contributed by atoms with E-state index in [1.807, 2.05) is 18.4 Å². The summed E-state index contributed by atoms with van der Waals surface area (Å²) < 4.78 is 1.93. The van der Waals surface area contributed by atoms with Crippen LogP contribution in [0.1, 0.15) is 39.2 Å². The van der Waals surface area contributed by atoms with Crippen LogP contribution in [0.4, 0.5) is 0 Å². The zero-order valence-corrected chi connectivity index (χ0v) is 12.1. The first-order valence-corrected chi connectivity index (χ1v) is 7.50. The van der Waals surface area contributed by atoms with Crippen molar-refractivity contribution in [1.82, 2.24) is 20.1 Å². The molecule has 1 aromatic heterocycles. The van der Waals surface area contributed by atoms with Crippen molar-refractivity contribution in [1.29, 1.82) is 0 Å². The van der Waals surface area contributed by atoms with Crippen LogP contribution in [0.2, 0.25) is 0 Å². The molecule has 6 nitrogen and oxygen atoms in total. The van der Waals surface area contributed by atoms with E-state index in [-0.39, 0.29) is 11.9 Å². The van der Waals surface area contributed by atoms with Crippen molar-refractivity contribution in [2.24, 2.45) is 0 Å².